The van der Waals surface area contributed by atoms with Crippen LogP contribution in [0.1, 0.15) is 64.0 Å². The van der Waals surface area contributed by atoms with Crippen molar-refractivity contribution in [1.29, 1.82) is 0 Å². The van der Waals surface area contributed by atoms with Crippen LogP contribution in [0.2, 0.25) is 0 Å². The van der Waals surface area contributed by atoms with Crippen LogP contribution in [-0.2, 0) is 0 Å². The van der Waals surface area contributed by atoms with Gasteiger partial charge >= 0.3 is 0 Å². The molecule has 1 aromatic carbocycles. The average molecular weight is 287 g/mol. The Kier molecular flexibility index (Phi) is 7.67. The number of hydrogen-bond donors (Lipinski definition) is 1. The van der Waals surface area contributed by atoms with Gasteiger partial charge in [-0.2, -0.15) is 0 Å². The van der Waals surface area contributed by atoms with E-state index in [4.69, 9.17) is 0 Å². The first-order valence-corrected chi connectivity index (χ1v) is 7.48. The van der Waals surface area contributed by atoms with Gasteiger partial charge in [-0.15, -0.1) is 0 Å². The van der Waals surface area contributed by atoms with Crippen molar-refractivity contribution in [3.05, 3.63) is 35.1 Å². The highest BCUT2D eigenvalue weighted by Crippen LogP contribution is 2.26. The van der Waals surface area contributed by atoms with Crippen molar-refractivity contribution in [2.24, 2.45) is 0 Å². The molecule has 0 saturated heterocycles. The molecule has 0 bridgehead atoms. The van der Waals surface area contributed by atoms with E-state index in [-0.39, 0.29) is 11.6 Å². The lowest BCUT2D eigenvalue weighted by atomic mass is 9.98. The van der Waals surface area contributed by atoms with Crippen LogP contribution in [-0.4, -0.2) is 6.54 Å². The van der Waals surface area contributed by atoms with Crippen LogP contribution in [0.4, 0.5) is 13.2 Å². The molecule has 0 aliphatic heterocycles. The summed E-state index contributed by atoms with van der Waals surface area (Å²) in [5.74, 6) is -2.48. The van der Waals surface area contributed by atoms with Crippen LogP contribution in [0.15, 0.2) is 12.1 Å². The van der Waals surface area contributed by atoms with Crippen LogP contribution in [0, 0.1) is 17.5 Å². The largest absolute Gasteiger partial charge is 0.310 e. The third-order valence-corrected chi connectivity index (χ3v) is 3.44. The van der Waals surface area contributed by atoms with E-state index >= 15 is 0 Å². The lowest BCUT2D eigenvalue weighted by molar-refractivity contribution is 0.430. The van der Waals surface area contributed by atoms with E-state index in [0.717, 1.165) is 37.8 Å². The van der Waals surface area contributed by atoms with E-state index < -0.39 is 17.5 Å². The summed E-state index contributed by atoms with van der Waals surface area (Å²) in [5.41, 5.74) is -0.0382. The molecular formula is C16H24F3N. The molecule has 0 aromatic heterocycles. The highest BCUT2D eigenvalue weighted by molar-refractivity contribution is 5.24. The Morgan fingerprint density at radius 2 is 1.55 bits per heavy atom. The number of halogens is 3. The second kappa shape index (κ2) is 9.01. The zero-order valence-electron chi connectivity index (χ0n) is 12.3. The van der Waals surface area contributed by atoms with E-state index in [1.54, 1.807) is 0 Å². The standard InChI is InChI=1S/C16H24F3N/c1-3-5-6-7-8-9-15(20-4-2)16-13(18)10-12(17)11-14(16)19/h10-11,15,20H,3-9H2,1-2H3. The Balaban J connectivity index is 2.70. The lowest BCUT2D eigenvalue weighted by Gasteiger charge is -2.19. The zero-order valence-corrected chi connectivity index (χ0v) is 12.3. The van der Waals surface area contributed by atoms with Gasteiger partial charge in [0.2, 0.25) is 0 Å². The molecular weight excluding hydrogens is 263 g/mol. The fourth-order valence-corrected chi connectivity index (χ4v) is 2.43. The second-order valence-electron chi connectivity index (χ2n) is 5.10. The number of rotatable bonds is 9. The zero-order chi connectivity index (χ0) is 15.0. The molecule has 114 valence electrons. The van der Waals surface area contributed by atoms with Gasteiger partial charge in [0.15, 0.2) is 0 Å². The lowest BCUT2D eigenvalue weighted by Crippen LogP contribution is -2.23. The normalized spacial score (nSPS) is 12.7. The third kappa shape index (κ3) is 5.16. The van der Waals surface area contributed by atoms with Crippen molar-refractivity contribution >= 4 is 0 Å². The molecule has 0 radical (unpaired) electrons. The molecule has 0 heterocycles. The van der Waals surface area contributed by atoms with Crippen molar-refractivity contribution in [3.8, 4) is 0 Å². The molecule has 20 heavy (non-hydrogen) atoms. The van der Waals surface area contributed by atoms with E-state index in [0.29, 0.717) is 13.0 Å². The van der Waals surface area contributed by atoms with Crippen LogP contribution in [0.3, 0.4) is 0 Å². The van der Waals surface area contributed by atoms with E-state index in [2.05, 4.69) is 12.2 Å². The predicted molar refractivity (Wildman–Crippen MR) is 76.1 cm³/mol. The minimum atomic E-state index is -0.873. The predicted octanol–water partition coefficient (Wildman–Crippen LogP) is 5.12. The van der Waals surface area contributed by atoms with Gasteiger partial charge in [-0.25, -0.2) is 13.2 Å². The quantitative estimate of drug-likeness (QED) is 0.622. The molecule has 4 heteroatoms. The van der Waals surface area contributed by atoms with Gasteiger partial charge in [0.25, 0.3) is 0 Å². The van der Waals surface area contributed by atoms with Crippen molar-refractivity contribution in [3.63, 3.8) is 0 Å². The second-order valence-corrected chi connectivity index (χ2v) is 5.10. The molecule has 1 aromatic rings. The maximum absolute atomic E-state index is 13.8. The fourth-order valence-electron chi connectivity index (χ4n) is 2.43. The maximum Gasteiger partial charge on any atom is 0.133 e. The van der Waals surface area contributed by atoms with E-state index in [1.807, 2.05) is 6.92 Å². The molecule has 1 rings (SSSR count). The van der Waals surface area contributed by atoms with Crippen LogP contribution < -0.4 is 5.32 Å². The molecule has 0 spiro atoms. The van der Waals surface area contributed by atoms with Crippen LogP contribution >= 0.6 is 0 Å². The summed E-state index contributed by atoms with van der Waals surface area (Å²) >= 11 is 0. The molecule has 1 N–H and O–H groups in total. The van der Waals surface area contributed by atoms with Gasteiger partial charge in [0.05, 0.1) is 0 Å². The van der Waals surface area contributed by atoms with E-state index in [1.165, 1.54) is 6.42 Å². The molecule has 1 nitrogen and oxygen atoms in total. The molecule has 0 saturated carbocycles. The summed E-state index contributed by atoms with van der Waals surface area (Å²) in [6.45, 7) is 4.66. The van der Waals surface area contributed by atoms with Crippen molar-refractivity contribution < 1.29 is 13.2 Å². The first-order chi connectivity index (χ1) is 9.60. The molecule has 0 aliphatic carbocycles. The Morgan fingerprint density at radius 1 is 0.950 bits per heavy atom. The maximum atomic E-state index is 13.8. The minimum absolute atomic E-state index is 0.0382. The fraction of sp³-hybridized carbons (Fsp3) is 0.625. The monoisotopic (exact) mass is 287 g/mol. The van der Waals surface area contributed by atoms with Crippen molar-refractivity contribution in [1.82, 2.24) is 5.32 Å². The Morgan fingerprint density at radius 3 is 2.10 bits per heavy atom. The summed E-state index contributed by atoms with van der Waals surface area (Å²) in [6, 6.07) is 1.11. The smallest absolute Gasteiger partial charge is 0.133 e. The van der Waals surface area contributed by atoms with Gasteiger partial charge in [-0.1, -0.05) is 46.0 Å². The first-order valence-electron chi connectivity index (χ1n) is 7.48. The SMILES string of the molecule is CCCCCCCC(NCC)c1c(F)cc(F)cc1F. The van der Waals surface area contributed by atoms with Crippen LogP contribution in [0.25, 0.3) is 0 Å². The van der Waals surface area contributed by atoms with Gasteiger partial charge in [0.1, 0.15) is 17.5 Å². The molecule has 0 fully saturated rings. The molecule has 0 aliphatic rings. The number of nitrogens with one attached hydrogen (secondary N) is 1. The number of hydrogen-bond acceptors (Lipinski definition) is 1. The number of unbranched alkanes of at least 4 members (excludes halogenated alkanes) is 4. The minimum Gasteiger partial charge on any atom is -0.310 e. The highest BCUT2D eigenvalue weighted by Gasteiger charge is 2.20. The molecule has 1 atom stereocenters. The van der Waals surface area contributed by atoms with Crippen molar-refractivity contribution in [2.75, 3.05) is 6.54 Å². The Hall–Kier alpha value is -1.03. The number of benzene rings is 1. The molecule has 1 unspecified atom stereocenters. The first kappa shape index (κ1) is 17.0. The molecule has 0 amide bonds. The summed E-state index contributed by atoms with van der Waals surface area (Å²) in [4.78, 5) is 0. The summed E-state index contributed by atoms with van der Waals surface area (Å²) in [5, 5.41) is 3.09. The van der Waals surface area contributed by atoms with Gasteiger partial charge in [0, 0.05) is 23.7 Å². The van der Waals surface area contributed by atoms with Crippen LogP contribution in [0.5, 0.6) is 0 Å². The van der Waals surface area contributed by atoms with Gasteiger partial charge in [-0.3, -0.25) is 0 Å². The van der Waals surface area contributed by atoms with E-state index in [9.17, 15) is 13.2 Å². The average Bonchev–Trinajstić information content (AvgIpc) is 2.37. The summed E-state index contributed by atoms with van der Waals surface area (Å²) in [7, 11) is 0. The Labute approximate surface area is 119 Å². The topological polar surface area (TPSA) is 12.0 Å². The highest BCUT2D eigenvalue weighted by atomic mass is 19.1. The Bertz CT molecular complexity index is 384. The van der Waals surface area contributed by atoms with Gasteiger partial charge < -0.3 is 5.32 Å². The van der Waals surface area contributed by atoms with Crippen molar-refractivity contribution in [2.45, 2.75) is 58.4 Å². The third-order valence-electron chi connectivity index (χ3n) is 3.44. The summed E-state index contributed by atoms with van der Waals surface area (Å²) < 4.78 is 40.5. The van der Waals surface area contributed by atoms with Gasteiger partial charge in [-0.05, 0) is 13.0 Å². The summed E-state index contributed by atoms with van der Waals surface area (Å²) in [6.07, 6.45) is 6.12.